The van der Waals surface area contributed by atoms with E-state index in [0.29, 0.717) is 19.0 Å². The van der Waals surface area contributed by atoms with Crippen LogP contribution >= 0.6 is 0 Å². The maximum absolute atomic E-state index is 11.9. The first-order chi connectivity index (χ1) is 13.2. The maximum atomic E-state index is 11.9. The van der Waals surface area contributed by atoms with Crippen molar-refractivity contribution in [2.75, 3.05) is 13.2 Å². The predicted octanol–water partition coefficient (Wildman–Crippen LogP) is 5.66. The summed E-state index contributed by atoms with van der Waals surface area (Å²) in [7, 11) is 0. The molecule has 0 saturated heterocycles. The topological polar surface area (TPSA) is 44.8 Å². The molecule has 0 saturated carbocycles. The molecule has 0 N–H and O–H groups in total. The van der Waals surface area contributed by atoms with Gasteiger partial charge in [-0.05, 0) is 61.4 Å². The summed E-state index contributed by atoms with van der Waals surface area (Å²) >= 11 is 0. The number of esters is 1. The average molecular weight is 368 g/mol. The maximum Gasteiger partial charge on any atom is 0.336 e. The molecule has 0 bridgehead atoms. The number of unbranched alkanes of at least 4 members (excludes halogenated alkanes) is 3. The Kier molecular flexibility index (Phi) is 8.98. The number of rotatable bonds is 11. The molecule has 0 amide bonds. The third-order valence-corrected chi connectivity index (χ3v) is 3.91. The first kappa shape index (κ1) is 20.6. The minimum Gasteiger partial charge on any atom is -0.494 e. The lowest BCUT2D eigenvalue weighted by atomic mass is 10.2. The summed E-state index contributed by atoms with van der Waals surface area (Å²) < 4.78 is 16.4. The highest BCUT2D eigenvalue weighted by Crippen LogP contribution is 2.18. The third-order valence-electron chi connectivity index (χ3n) is 3.91. The Morgan fingerprint density at radius 3 is 2.11 bits per heavy atom. The molecule has 0 unspecified atom stereocenters. The van der Waals surface area contributed by atoms with E-state index in [1.54, 1.807) is 18.2 Å². The highest BCUT2D eigenvalue weighted by molar-refractivity contribution is 5.88. The molecule has 2 rings (SSSR count). The van der Waals surface area contributed by atoms with Crippen molar-refractivity contribution in [1.29, 1.82) is 0 Å². The second kappa shape index (κ2) is 11.8. The first-order valence-corrected chi connectivity index (χ1v) is 9.57. The van der Waals surface area contributed by atoms with Crippen LogP contribution in [0.25, 0.3) is 6.08 Å². The Hall–Kier alpha value is -2.75. The van der Waals surface area contributed by atoms with Crippen LogP contribution in [0, 0.1) is 0 Å². The normalized spacial score (nSPS) is 10.7. The van der Waals surface area contributed by atoms with Crippen LogP contribution in [0.5, 0.6) is 17.2 Å². The van der Waals surface area contributed by atoms with Crippen molar-refractivity contribution in [3.8, 4) is 17.2 Å². The number of carbonyl (C=O) groups is 1. The van der Waals surface area contributed by atoms with Gasteiger partial charge in [-0.1, -0.05) is 38.3 Å². The van der Waals surface area contributed by atoms with Crippen LogP contribution in [0.15, 0.2) is 54.6 Å². The Bertz CT molecular complexity index is 702. The lowest BCUT2D eigenvalue weighted by Crippen LogP contribution is -2.03. The summed E-state index contributed by atoms with van der Waals surface area (Å²) in [6, 6.07) is 14.6. The smallest absolute Gasteiger partial charge is 0.336 e. The van der Waals surface area contributed by atoms with Crippen LogP contribution < -0.4 is 14.2 Å². The van der Waals surface area contributed by atoms with Gasteiger partial charge in [0.25, 0.3) is 0 Å². The van der Waals surface area contributed by atoms with Crippen molar-refractivity contribution in [1.82, 2.24) is 0 Å². The van der Waals surface area contributed by atoms with E-state index < -0.39 is 5.97 Å². The second-order valence-electron chi connectivity index (χ2n) is 6.14. The fraction of sp³-hybridized carbons (Fsp3) is 0.348. The van der Waals surface area contributed by atoms with Gasteiger partial charge in [0.1, 0.15) is 17.2 Å². The molecular formula is C23H28O4. The van der Waals surface area contributed by atoms with E-state index in [1.165, 1.54) is 25.3 Å². The fourth-order valence-electron chi connectivity index (χ4n) is 2.48. The van der Waals surface area contributed by atoms with Gasteiger partial charge < -0.3 is 14.2 Å². The van der Waals surface area contributed by atoms with Gasteiger partial charge in [0.05, 0.1) is 13.2 Å². The van der Waals surface area contributed by atoms with Crippen LogP contribution in [0.3, 0.4) is 0 Å². The van der Waals surface area contributed by atoms with E-state index in [1.807, 2.05) is 43.3 Å². The van der Waals surface area contributed by atoms with Gasteiger partial charge in [0.15, 0.2) is 0 Å². The molecule has 0 fully saturated rings. The zero-order valence-electron chi connectivity index (χ0n) is 16.1. The molecule has 4 nitrogen and oxygen atoms in total. The lowest BCUT2D eigenvalue weighted by molar-refractivity contribution is -0.128. The van der Waals surface area contributed by atoms with Crippen LogP contribution in [0.1, 0.15) is 45.1 Å². The Labute approximate surface area is 161 Å². The summed E-state index contributed by atoms with van der Waals surface area (Å²) in [6.07, 6.45) is 7.82. The molecule has 0 aliphatic rings. The van der Waals surface area contributed by atoms with Crippen molar-refractivity contribution >= 4 is 12.0 Å². The van der Waals surface area contributed by atoms with Gasteiger partial charge in [-0.2, -0.15) is 0 Å². The number of hydrogen-bond acceptors (Lipinski definition) is 4. The molecular weight excluding hydrogens is 340 g/mol. The first-order valence-electron chi connectivity index (χ1n) is 9.57. The summed E-state index contributed by atoms with van der Waals surface area (Å²) in [5.41, 5.74) is 0.905. The van der Waals surface area contributed by atoms with E-state index >= 15 is 0 Å². The van der Waals surface area contributed by atoms with Crippen molar-refractivity contribution in [3.63, 3.8) is 0 Å². The van der Waals surface area contributed by atoms with E-state index in [9.17, 15) is 4.79 Å². The van der Waals surface area contributed by atoms with E-state index in [2.05, 4.69) is 6.92 Å². The monoisotopic (exact) mass is 368 g/mol. The quantitative estimate of drug-likeness (QED) is 0.222. The third kappa shape index (κ3) is 7.99. The highest BCUT2D eigenvalue weighted by atomic mass is 16.5. The molecule has 144 valence electrons. The van der Waals surface area contributed by atoms with Crippen molar-refractivity contribution < 1.29 is 19.0 Å². The van der Waals surface area contributed by atoms with Gasteiger partial charge >= 0.3 is 5.97 Å². The molecule has 0 aromatic heterocycles. The van der Waals surface area contributed by atoms with E-state index in [4.69, 9.17) is 14.2 Å². The predicted molar refractivity (Wildman–Crippen MR) is 108 cm³/mol. The van der Waals surface area contributed by atoms with Gasteiger partial charge in [0.2, 0.25) is 0 Å². The van der Waals surface area contributed by atoms with E-state index in [-0.39, 0.29) is 0 Å². The van der Waals surface area contributed by atoms with Gasteiger partial charge in [0, 0.05) is 6.08 Å². The van der Waals surface area contributed by atoms with Crippen molar-refractivity contribution in [2.45, 2.75) is 39.5 Å². The molecule has 2 aromatic carbocycles. The number of carbonyl (C=O) groups excluding carboxylic acids is 1. The minimum atomic E-state index is -0.419. The zero-order valence-corrected chi connectivity index (χ0v) is 16.1. The Morgan fingerprint density at radius 2 is 1.44 bits per heavy atom. The standard InChI is InChI=1S/C23H28O4/c1-3-5-6-7-18-26-21-13-15-22(16-14-21)27-23(24)17-10-19-8-11-20(12-9-19)25-4-2/h8-17H,3-7,18H2,1-2H3. The largest absolute Gasteiger partial charge is 0.494 e. The molecule has 0 aliphatic carbocycles. The van der Waals surface area contributed by atoms with Crippen LogP contribution in [0.4, 0.5) is 0 Å². The van der Waals surface area contributed by atoms with Gasteiger partial charge in [-0.3, -0.25) is 0 Å². The average Bonchev–Trinajstić information content (AvgIpc) is 2.69. The fourth-order valence-corrected chi connectivity index (χ4v) is 2.48. The summed E-state index contributed by atoms with van der Waals surface area (Å²) in [5.74, 6) is 1.67. The Morgan fingerprint density at radius 1 is 0.815 bits per heavy atom. The second-order valence-corrected chi connectivity index (χ2v) is 6.14. The molecule has 0 aliphatic heterocycles. The van der Waals surface area contributed by atoms with Gasteiger partial charge in [-0.25, -0.2) is 4.79 Å². The van der Waals surface area contributed by atoms with E-state index in [0.717, 1.165) is 23.5 Å². The number of benzene rings is 2. The van der Waals surface area contributed by atoms with Crippen LogP contribution in [-0.4, -0.2) is 19.2 Å². The Balaban J connectivity index is 1.77. The summed E-state index contributed by atoms with van der Waals surface area (Å²) in [4.78, 5) is 11.9. The lowest BCUT2D eigenvalue weighted by Gasteiger charge is -2.07. The van der Waals surface area contributed by atoms with Crippen LogP contribution in [-0.2, 0) is 4.79 Å². The SMILES string of the molecule is CCCCCCOc1ccc(OC(=O)C=Cc2ccc(OCC)cc2)cc1. The molecule has 0 atom stereocenters. The number of hydrogen-bond donors (Lipinski definition) is 0. The summed E-state index contributed by atoms with van der Waals surface area (Å²) in [6.45, 7) is 5.47. The van der Waals surface area contributed by atoms with Crippen molar-refractivity contribution in [2.24, 2.45) is 0 Å². The molecule has 2 aromatic rings. The highest BCUT2D eigenvalue weighted by Gasteiger charge is 2.02. The van der Waals surface area contributed by atoms with Crippen LogP contribution in [0.2, 0.25) is 0 Å². The molecule has 0 radical (unpaired) electrons. The van der Waals surface area contributed by atoms with Crippen molar-refractivity contribution in [3.05, 3.63) is 60.2 Å². The molecule has 27 heavy (non-hydrogen) atoms. The van der Waals surface area contributed by atoms with Gasteiger partial charge in [-0.15, -0.1) is 0 Å². The molecule has 0 heterocycles. The minimum absolute atomic E-state index is 0.419. The molecule has 4 heteroatoms. The molecule has 0 spiro atoms. The number of ether oxygens (including phenoxy) is 3. The summed E-state index contributed by atoms with van der Waals surface area (Å²) in [5, 5.41) is 0. The zero-order chi connectivity index (χ0) is 19.3.